The molecule has 0 fully saturated rings. The molecular formula is C14H14Cl2N2S. The molecule has 5 heteroatoms. The molecule has 0 saturated heterocycles. The van der Waals surface area contributed by atoms with Crippen LogP contribution >= 0.6 is 35.0 Å². The van der Waals surface area contributed by atoms with Crippen LogP contribution in [0.2, 0.25) is 10.2 Å². The van der Waals surface area contributed by atoms with Gasteiger partial charge < -0.3 is 5.32 Å². The van der Waals surface area contributed by atoms with E-state index in [-0.39, 0.29) is 0 Å². The highest BCUT2D eigenvalue weighted by Crippen LogP contribution is 2.19. The molecule has 0 saturated carbocycles. The van der Waals surface area contributed by atoms with Crippen LogP contribution in [0.3, 0.4) is 0 Å². The minimum Gasteiger partial charge on any atom is -0.312 e. The van der Waals surface area contributed by atoms with Crippen molar-refractivity contribution in [3.63, 3.8) is 0 Å². The van der Waals surface area contributed by atoms with E-state index in [4.69, 9.17) is 23.2 Å². The number of aromatic nitrogens is 1. The molecule has 1 heterocycles. The molecular weight excluding hydrogens is 299 g/mol. The molecule has 100 valence electrons. The highest BCUT2D eigenvalue weighted by molar-refractivity contribution is 7.99. The first-order valence-electron chi connectivity index (χ1n) is 5.93. The summed E-state index contributed by atoms with van der Waals surface area (Å²) in [4.78, 5) is 5.28. The van der Waals surface area contributed by atoms with Gasteiger partial charge >= 0.3 is 0 Å². The summed E-state index contributed by atoms with van der Waals surface area (Å²) in [6, 6.07) is 11.7. The first-order valence-corrected chi connectivity index (χ1v) is 7.68. The molecule has 2 rings (SSSR count). The number of nitrogens with zero attached hydrogens (tertiary/aromatic N) is 1. The maximum absolute atomic E-state index is 5.84. The average molecular weight is 313 g/mol. The fourth-order valence-corrected chi connectivity index (χ4v) is 2.56. The van der Waals surface area contributed by atoms with Crippen LogP contribution in [0.5, 0.6) is 0 Å². The Morgan fingerprint density at radius 3 is 2.53 bits per heavy atom. The van der Waals surface area contributed by atoms with Crippen LogP contribution in [0.4, 0.5) is 0 Å². The third-order valence-corrected chi connectivity index (χ3v) is 3.97. The number of hydrogen-bond donors (Lipinski definition) is 1. The highest BCUT2D eigenvalue weighted by atomic mass is 35.5. The van der Waals surface area contributed by atoms with E-state index in [9.17, 15) is 0 Å². The SMILES string of the molecule is Clc1ccc(SCCNCc2ccc(Cl)nc2)cc1. The molecule has 2 nitrogen and oxygen atoms in total. The second kappa shape index (κ2) is 7.75. The van der Waals surface area contributed by atoms with E-state index in [2.05, 4.69) is 10.3 Å². The molecule has 0 radical (unpaired) electrons. The van der Waals surface area contributed by atoms with Crippen LogP contribution in [0, 0.1) is 0 Å². The van der Waals surface area contributed by atoms with Crippen molar-refractivity contribution in [2.24, 2.45) is 0 Å². The minimum absolute atomic E-state index is 0.530. The zero-order valence-corrected chi connectivity index (χ0v) is 12.6. The normalized spacial score (nSPS) is 10.6. The maximum atomic E-state index is 5.84. The van der Waals surface area contributed by atoms with Crippen LogP contribution in [-0.2, 0) is 6.54 Å². The van der Waals surface area contributed by atoms with Crippen molar-refractivity contribution in [2.45, 2.75) is 11.4 Å². The average Bonchev–Trinajstić information content (AvgIpc) is 2.43. The Balaban J connectivity index is 1.64. The smallest absolute Gasteiger partial charge is 0.129 e. The van der Waals surface area contributed by atoms with Crippen molar-refractivity contribution >= 4 is 35.0 Å². The van der Waals surface area contributed by atoms with Gasteiger partial charge in [-0.15, -0.1) is 11.8 Å². The monoisotopic (exact) mass is 312 g/mol. The predicted octanol–water partition coefficient (Wildman–Crippen LogP) is 4.27. The van der Waals surface area contributed by atoms with Gasteiger partial charge in [0, 0.05) is 35.0 Å². The molecule has 0 aliphatic heterocycles. The number of pyridine rings is 1. The number of nitrogens with one attached hydrogen (secondary N) is 1. The lowest BCUT2D eigenvalue weighted by molar-refractivity contribution is 0.729. The van der Waals surface area contributed by atoms with Gasteiger partial charge in [0.1, 0.15) is 5.15 Å². The lowest BCUT2D eigenvalue weighted by atomic mass is 10.3. The van der Waals surface area contributed by atoms with Crippen molar-refractivity contribution in [3.05, 3.63) is 58.3 Å². The van der Waals surface area contributed by atoms with Gasteiger partial charge in [0.15, 0.2) is 0 Å². The summed E-state index contributed by atoms with van der Waals surface area (Å²) in [7, 11) is 0. The zero-order chi connectivity index (χ0) is 13.5. The first kappa shape index (κ1) is 14.7. The minimum atomic E-state index is 0.530. The summed E-state index contributed by atoms with van der Waals surface area (Å²) in [6.07, 6.45) is 1.79. The second-order valence-corrected chi connectivity index (χ2v) is 5.96. The summed E-state index contributed by atoms with van der Waals surface area (Å²) in [5.74, 6) is 1.02. The van der Waals surface area contributed by atoms with Crippen molar-refractivity contribution in [1.82, 2.24) is 10.3 Å². The Bertz CT molecular complexity index is 452. The first-order chi connectivity index (χ1) is 9.24. The number of thioether (sulfide) groups is 1. The van der Waals surface area contributed by atoms with Gasteiger partial charge in [-0.3, -0.25) is 0 Å². The standard InChI is InChI=1S/C14H14Cl2N2S/c15-12-2-4-13(5-3-12)19-8-7-17-9-11-1-6-14(16)18-10-11/h1-6,10,17H,7-9H2. The van der Waals surface area contributed by atoms with Crippen molar-refractivity contribution in [1.29, 1.82) is 0 Å². The fraction of sp³-hybridized carbons (Fsp3) is 0.214. The quantitative estimate of drug-likeness (QED) is 0.490. The molecule has 1 N–H and O–H groups in total. The zero-order valence-electron chi connectivity index (χ0n) is 10.3. The van der Waals surface area contributed by atoms with Gasteiger partial charge in [0.05, 0.1) is 0 Å². The number of benzene rings is 1. The Kier molecular flexibility index (Phi) is 5.98. The molecule has 0 amide bonds. The summed E-state index contributed by atoms with van der Waals surface area (Å²) < 4.78 is 0. The predicted molar refractivity (Wildman–Crippen MR) is 83.1 cm³/mol. The van der Waals surface area contributed by atoms with Gasteiger partial charge in [0.25, 0.3) is 0 Å². The van der Waals surface area contributed by atoms with Crippen LogP contribution < -0.4 is 5.32 Å². The largest absolute Gasteiger partial charge is 0.312 e. The molecule has 0 atom stereocenters. The highest BCUT2D eigenvalue weighted by Gasteiger charge is 1.96. The fourth-order valence-electron chi connectivity index (χ4n) is 1.52. The number of halogens is 2. The van der Waals surface area contributed by atoms with E-state index in [0.717, 1.165) is 29.4 Å². The maximum Gasteiger partial charge on any atom is 0.129 e. The lowest BCUT2D eigenvalue weighted by Crippen LogP contribution is -2.16. The van der Waals surface area contributed by atoms with E-state index < -0.39 is 0 Å². The number of hydrogen-bond acceptors (Lipinski definition) is 3. The van der Waals surface area contributed by atoms with Crippen LogP contribution in [0.1, 0.15) is 5.56 Å². The van der Waals surface area contributed by atoms with Crippen LogP contribution in [0.25, 0.3) is 0 Å². The Morgan fingerprint density at radius 2 is 1.84 bits per heavy atom. The van der Waals surface area contributed by atoms with Crippen molar-refractivity contribution in [3.8, 4) is 0 Å². The third-order valence-electron chi connectivity index (χ3n) is 2.48. The molecule has 0 unspecified atom stereocenters. The molecule has 19 heavy (non-hydrogen) atoms. The van der Waals surface area contributed by atoms with E-state index >= 15 is 0 Å². The Hall–Kier alpha value is -0.740. The topological polar surface area (TPSA) is 24.9 Å². The Labute approximate surface area is 127 Å². The molecule has 0 aliphatic rings. The molecule has 0 spiro atoms. The van der Waals surface area contributed by atoms with Gasteiger partial charge in [-0.1, -0.05) is 29.3 Å². The third kappa shape index (κ3) is 5.41. The number of rotatable bonds is 6. The van der Waals surface area contributed by atoms with Crippen LogP contribution in [-0.4, -0.2) is 17.3 Å². The van der Waals surface area contributed by atoms with Crippen molar-refractivity contribution in [2.75, 3.05) is 12.3 Å². The summed E-state index contributed by atoms with van der Waals surface area (Å²) >= 11 is 13.4. The lowest BCUT2D eigenvalue weighted by Gasteiger charge is -2.05. The molecule has 0 aliphatic carbocycles. The summed E-state index contributed by atoms with van der Waals surface area (Å²) in [5.41, 5.74) is 1.14. The van der Waals surface area contributed by atoms with E-state index in [0.29, 0.717) is 5.15 Å². The van der Waals surface area contributed by atoms with Gasteiger partial charge in [0.2, 0.25) is 0 Å². The van der Waals surface area contributed by atoms with Gasteiger partial charge in [-0.25, -0.2) is 4.98 Å². The molecule has 2 aromatic rings. The molecule has 0 bridgehead atoms. The van der Waals surface area contributed by atoms with E-state index in [1.807, 2.05) is 42.1 Å². The van der Waals surface area contributed by atoms with Crippen molar-refractivity contribution < 1.29 is 0 Å². The van der Waals surface area contributed by atoms with E-state index in [1.54, 1.807) is 12.3 Å². The summed E-state index contributed by atoms with van der Waals surface area (Å²) in [6.45, 7) is 1.75. The molecule has 1 aromatic heterocycles. The summed E-state index contributed by atoms with van der Waals surface area (Å²) in [5, 5.41) is 4.68. The van der Waals surface area contributed by atoms with Gasteiger partial charge in [-0.2, -0.15) is 0 Å². The van der Waals surface area contributed by atoms with Crippen LogP contribution in [0.15, 0.2) is 47.5 Å². The Morgan fingerprint density at radius 1 is 1.05 bits per heavy atom. The second-order valence-electron chi connectivity index (χ2n) is 3.97. The van der Waals surface area contributed by atoms with Gasteiger partial charge in [-0.05, 0) is 35.9 Å². The molecule has 1 aromatic carbocycles. The van der Waals surface area contributed by atoms with E-state index in [1.165, 1.54) is 4.90 Å².